The highest BCUT2D eigenvalue weighted by Gasteiger charge is 2.13. The normalized spacial score (nSPS) is 13.7. The predicted molar refractivity (Wildman–Crippen MR) is 75.2 cm³/mol. The van der Waals surface area contributed by atoms with E-state index >= 15 is 0 Å². The Bertz CT molecular complexity index is 422. The molecule has 0 saturated heterocycles. The van der Waals surface area contributed by atoms with E-state index in [4.69, 9.17) is 11.6 Å². The summed E-state index contributed by atoms with van der Waals surface area (Å²) in [6.45, 7) is 5.94. The molecular weight excluding hydrogens is 230 g/mol. The molecule has 0 aliphatic rings. The summed E-state index contributed by atoms with van der Waals surface area (Å²) in [5, 5.41) is 0.735. The van der Waals surface area contributed by atoms with Gasteiger partial charge in [-0.1, -0.05) is 36.4 Å². The van der Waals surface area contributed by atoms with Crippen LogP contribution < -0.4 is 0 Å². The van der Waals surface area contributed by atoms with Gasteiger partial charge in [0.05, 0.1) is 6.04 Å². The second-order valence-electron chi connectivity index (χ2n) is 4.28. The van der Waals surface area contributed by atoms with Crippen LogP contribution in [0.4, 0.5) is 0 Å². The van der Waals surface area contributed by atoms with E-state index < -0.39 is 0 Å². The van der Waals surface area contributed by atoms with Gasteiger partial charge in [0.2, 0.25) is 0 Å². The van der Waals surface area contributed by atoms with Crippen molar-refractivity contribution in [3.05, 3.63) is 47.5 Å². The van der Waals surface area contributed by atoms with Crippen molar-refractivity contribution in [1.82, 2.24) is 4.90 Å². The molecule has 0 aliphatic carbocycles. The zero-order valence-electron chi connectivity index (χ0n) is 10.6. The van der Waals surface area contributed by atoms with Crippen molar-refractivity contribution < 1.29 is 0 Å². The first-order chi connectivity index (χ1) is 8.04. The van der Waals surface area contributed by atoms with Crippen LogP contribution in [-0.2, 0) is 0 Å². The van der Waals surface area contributed by atoms with E-state index in [0.29, 0.717) is 5.92 Å². The quantitative estimate of drug-likeness (QED) is 0.584. The van der Waals surface area contributed by atoms with Crippen LogP contribution >= 0.6 is 11.6 Å². The van der Waals surface area contributed by atoms with Crippen molar-refractivity contribution in [1.29, 1.82) is 0 Å². The van der Waals surface area contributed by atoms with Gasteiger partial charge in [-0.2, -0.15) is 0 Å². The Morgan fingerprint density at radius 1 is 1.29 bits per heavy atom. The van der Waals surface area contributed by atoms with Crippen LogP contribution in [0, 0.1) is 17.8 Å². The van der Waals surface area contributed by atoms with Gasteiger partial charge in [0.25, 0.3) is 0 Å². The lowest BCUT2D eigenvalue weighted by molar-refractivity contribution is 0.306. The third kappa shape index (κ3) is 4.26. The second-order valence-corrected chi connectivity index (χ2v) is 4.72. The van der Waals surface area contributed by atoms with Gasteiger partial charge in [-0.15, -0.1) is 6.58 Å². The average molecular weight is 248 g/mol. The topological polar surface area (TPSA) is 3.24 Å². The molecule has 0 spiro atoms. The minimum atomic E-state index is 0.183. The molecule has 2 atom stereocenters. The van der Waals surface area contributed by atoms with Crippen LogP contribution in [0.25, 0.3) is 0 Å². The van der Waals surface area contributed by atoms with Crippen molar-refractivity contribution >= 4 is 11.6 Å². The Morgan fingerprint density at radius 3 is 2.35 bits per heavy atom. The lowest BCUT2D eigenvalue weighted by Gasteiger charge is -2.22. The summed E-state index contributed by atoms with van der Waals surface area (Å²) in [4.78, 5) is 2.11. The third-order valence-corrected chi connectivity index (χ3v) is 2.89. The molecule has 0 amide bonds. The van der Waals surface area contributed by atoms with Crippen molar-refractivity contribution in [3.63, 3.8) is 0 Å². The number of rotatable bonds is 3. The number of hydrogen-bond donors (Lipinski definition) is 0. The standard InChI is InChI=1S/C15H18ClN/c1-5-12(2)15(17(3)4)11-8-13-6-9-14(16)10-7-13/h5-7,9-10,12,15H,1H2,2-4H3. The summed E-state index contributed by atoms with van der Waals surface area (Å²) >= 11 is 5.83. The Balaban J connectivity index is 2.87. The molecule has 2 heteroatoms. The Kier molecular flexibility index (Phi) is 5.28. The molecule has 0 fully saturated rings. The second kappa shape index (κ2) is 6.49. The molecule has 0 radical (unpaired) electrons. The molecule has 17 heavy (non-hydrogen) atoms. The number of hydrogen-bond acceptors (Lipinski definition) is 1. The highest BCUT2D eigenvalue weighted by molar-refractivity contribution is 6.30. The molecule has 0 heterocycles. The molecule has 0 N–H and O–H groups in total. The summed E-state index contributed by atoms with van der Waals surface area (Å²) in [5.74, 6) is 6.78. The van der Waals surface area contributed by atoms with Crippen LogP contribution in [-0.4, -0.2) is 25.0 Å². The summed E-state index contributed by atoms with van der Waals surface area (Å²) in [5.41, 5.74) is 0.984. The minimum absolute atomic E-state index is 0.183. The first-order valence-corrected chi connectivity index (χ1v) is 5.98. The zero-order chi connectivity index (χ0) is 12.8. The van der Waals surface area contributed by atoms with E-state index in [0.717, 1.165) is 10.6 Å². The maximum Gasteiger partial charge on any atom is 0.0774 e. The Labute approximate surface area is 109 Å². The maximum absolute atomic E-state index is 5.83. The van der Waals surface area contributed by atoms with Crippen LogP contribution in [0.3, 0.4) is 0 Å². The van der Waals surface area contributed by atoms with Gasteiger partial charge in [0.15, 0.2) is 0 Å². The van der Waals surface area contributed by atoms with Crippen LogP contribution in [0.15, 0.2) is 36.9 Å². The maximum atomic E-state index is 5.83. The first kappa shape index (κ1) is 13.8. The summed E-state index contributed by atoms with van der Waals surface area (Å²) < 4.78 is 0. The van der Waals surface area contributed by atoms with Crippen molar-refractivity contribution in [2.45, 2.75) is 13.0 Å². The van der Waals surface area contributed by atoms with Crippen LogP contribution in [0.2, 0.25) is 5.02 Å². The molecule has 0 aliphatic heterocycles. The number of nitrogens with zero attached hydrogens (tertiary/aromatic N) is 1. The van der Waals surface area contributed by atoms with Gasteiger partial charge in [-0.3, -0.25) is 4.90 Å². The van der Waals surface area contributed by atoms with Crippen molar-refractivity contribution in [2.75, 3.05) is 14.1 Å². The van der Waals surface area contributed by atoms with E-state index in [2.05, 4.69) is 30.2 Å². The first-order valence-electron chi connectivity index (χ1n) is 5.60. The third-order valence-electron chi connectivity index (χ3n) is 2.63. The average Bonchev–Trinajstić information content (AvgIpc) is 2.31. The molecular formula is C15H18ClN. The van der Waals surface area contributed by atoms with Gasteiger partial charge in [-0.05, 0) is 38.4 Å². The van der Waals surface area contributed by atoms with Gasteiger partial charge in [-0.25, -0.2) is 0 Å². The van der Waals surface area contributed by atoms with Crippen molar-refractivity contribution in [3.8, 4) is 11.8 Å². The minimum Gasteiger partial charge on any atom is -0.296 e. The monoisotopic (exact) mass is 247 g/mol. The fraction of sp³-hybridized carbons (Fsp3) is 0.333. The van der Waals surface area contributed by atoms with E-state index in [1.165, 1.54) is 0 Å². The number of benzene rings is 1. The van der Waals surface area contributed by atoms with E-state index in [1.54, 1.807) is 0 Å². The molecule has 2 unspecified atom stereocenters. The summed E-state index contributed by atoms with van der Waals surface area (Å²) in [7, 11) is 4.06. The van der Waals surface area contributed by atoms with Gasteiger partial charge in [0, 0.05) is 16.5 Å². The largest absolute Gasteiger partial charge is 0.296 e. The lowest BCUT2D eigenvalue weighted by Crippen LogP contribution is -2.31. The highest BCUT2D eigenvalue weighted by atomic mass is 35.5. The molecule has 1 aromatic carbocycles. The SMILES string of the molecule is C=CC(C)C(C#Cc1ccc(Cl)cc1)N(C)C. The van der Waals surface area contributed by atoms with Crippen LogP contribution in [0.5, 0.6) is 0 Å². The predicted octanol–water partition coefficient (Wildman–Crippen LogP) is 3.44. The summed E-state index contributed by atoms with van der Waals surface area (Å²) in [6.07, 6.45) is 1.93. The Morgan fingerprint density at radius 2 is 1.88 bits per heavy atom. The van der Waals surface area contributed by atoms with E-state index in [9.17, 15) is 0 Å². The summed E-state index contributed by atoms with van der Waals surface area (Å²) in [6, 6.07) is 7.75. The molecule has 0 aromatic heterocycles. The van der Waals surface area contributed by atoms with Gasteiger partial charge < -0.3 is 0 Å². The van der Waals surface area contributed by atoms with Gasteiger partial charge >= 0.3 is 0 Å². The number of halogens is 1. The smallest absolute Gasteiger partial charge is 0.0774 e. The fourth-order valence-electron chi connectivity index (χ4n) is 1.55. The molecule has 1 rings (SSSR count). The molecule has 90 valence electrons. The Hall–Kier alpha value is -1.23. The van der Waals surface area contributed by atoms with E-state index in [-0.39, 0.29) is 6.04 Å². The zero-order valence-corrected chi connectivity index (χ0v) is 11.3. The molecule has 0 bridgehead atoms. The molecule has 0 saturated carbocycles. The highest BCUT2D eigenvalue weighted by Crippen LogP contribution is 2.10. The van der Waals surface area contributed by atoms with E-state index in [1.807, 2.05) is 44.4 Å². The van der Waals surface area contributed by atoms with Crippen molar-refractivity contribution in [2.24, 2.45) is 5.92 Å². The molecule has 1 aromatic rings. The lowest BCUT2D eigenvalue weighted by atomic mass is 10.0. The fourth-order valence-corrected chi connectivity index (χ4v) is 1.68. The van der Waals surface area contributed by atoms with Crippen LogP contribution in [0.1, 0.15) is 12.5 Å². The van der Waals surface area contributed by atoms with Gasteiger partial charge in [0.1, 0.15) is 0 Å². The molecule has 1 nitrogen and oxygen atoms in total.